The van der Waals surface area contributed by atoms with E-state index in [1.165, 1.54) is 30.2 Å². The van der Waals surface area contributed by atoms with Gasteiger partial charge in [0.15, 0.2) is 34.8 Å². The number of cyclic esters (lactones) is 4. The Morgan fingerprint density at radius 2 is 0.978 bits per heavy atom. The van der Waals surface area contributed by atoms with Crippen LogP contribution in [0.25, 0.3) is 18.2 Å². The molecule has 8 amide bonds. The lowest BCUT2D eigenvalue weighted by atomic mass is 10.0. The van der Waals surface area contributed by atoms with Crippen LogP contribution < -0.4 is 4.74 Å². The van der Waals surface area contributed by atoms with Gasteiger partial charge in [0.25, 0.3) is 17.7 Å². The van der Waals surface area contributed by atoms with Gasteiger partial charge >= 0.3 is 30.3 Å². The molecule has 6 aromatic rings. The highest BCUT2D eigenvalue weighted by atomic mass is 19.2. The predicted molar refractivity (Wildman–Crippen MR) is 319 cm³/mol. The molecule has 4 atom stereocenters. The second-order valence-corrected chi connectivity index (χ2v) is 20.5. The molecule has 10 rings (SSSR count). The van der Waals surface area contributed by atoms with Crippen molar-refractivity contribution in [3.63, 3.8) is 0 Å². The topological polar surface area (TPSA) is 229 Å². The van der Waals surface area contributed by atoms with Gasteiger partial charge in [-0.1, -0.05) is 123 Å². The molecule has 0 aliphatic carbocycles. The number of carbonyl (C=O) groups excluding carboxylic acids is 8. The summed E-state index contributed by atoms with van der Waals surface area (Å²) in [7, 11) is 1.45. The second kappa shape index (κ2) is 32.3. The van der Waals surface area contributed by atoms with Crippen LogP contribution in [0.2, 0.25) is 0 Å². The minimum Gasteiger partial charge on any atom is -0.504 e. The number of phenolic OH excluding ortho intramolecular Hbond substituents is 1. The highest BCUT2D eigenvalue weighted by Gasteiger charge is 2.41. The Morgan fingerprint density at radius 1 is 0.560 bits per heavy atom. The van der Waals surface area contributed by atoms with E-state index in [4.69, 9.17) is 23.7 Å². The smallest absolute Gasteiger partial charge is 0.417 e. The lowest BCUT2D eigenvalue weighted by Crippen LogP contribution is -2.40. The summed E-state index contributed by atoms with van der Waals surface area (Å²) in [6, 6.07) is 35.0. The average molecular weight is 1250 g/mol. The number of nitrogens with zero attached hydrogens (tertiary/aromatic N) is 5. The first kappa shape index (κ1) is 67.5. The molecule has 4 aliphatic heterocycles. The quantitative estimate of drug-likeness (QED) is 0.0267. The number of hydrogen-bond acceptors (Lipinski definition) is 15. The van der Waals surface area contributed by atoms with E-state index in [2.05, 4.69) is 16.8 Å². The first-order chi connectivity index (χ1) is 43.7. The van der Waals surface area contributed by atoms with Crippen LogP contribution in [0.4, 0.5) is 41.1 Å². The van der Waals surface area contributed by atoms with Crippen LogP contribution in [0.15, 0.2) is 152 Å². The van der Waals surface area contributed by atoms with Crippen molar-refractivity contribution in [3.05, 3.63) is 214 Å². The van der Waals surface area contributed by atoms with Crippen LogP contribution in [0.5, 0.6) is 11.5 Å². The number of imide groups is 4. The highest BCUT2D eigenvalue weighted by molar-refractivity contribution is 6.04. The number of hydrogen-bond donors (Lipinski definition) is 1. The molecule has 24 heteroatoms. The van der Waals surface area contributed by atoms with Crippen LogP contribution in [-0.4, -0.2) is 135 Å². The minimum atomic E-state index is -2.30. The molecule has 5 aromatic carbocycles. The third-order valence-electron chi connectivity index (χ3n) is 14.0. The monoisotopic (exact) mass is 1250 g/mol. The van der Waals surface area contributed by atoms with Crippen molar-refractivity contribution in [1.82, 2.24) is 24.6 Å². The highest BCUT2D eigenvalue weighted by Crippen LogP contribution is 2.29. The van der Waals surface area contributed by atoms with Crippen LogP contribution in [0, 0.1) is 46.8 Å². The molecule has 1 N–H and O–H groups in total. The molecule has 0 unspecified atom stereocenters. The van der Waals surface area contributed by atoms with Gasteiger partial charge in [-0.3, -0.25) is 24.2 Å². The van der Waals surface area contributed by atoms with E-state index in [1.807, 2.05) is 80.6 Å². The maximum atomic E-state index is 13.7. The van der Waals surface area contributed by atoms with E-state index in [0.29, 0.717) is 36.3 Å². The number of aromatic hydroxyl groups is 1. The zero-order valence-corrected chi connectivity index (χ0v) is 49.4. The third kappa shape index (κ3) is 17.9. The molecule has 0 radical (unpaired) electrons. The molecule has 4 aliphatic rings. The summed E-state index contributed by atoms with van der Waals surface area (Å²) in [5, 5.41) is 9.61. The third-order valence-corrected chi connectivity index (χ3v) is 14.0. The number of methoxy groups -OCH3 is 1. The molecule has 91 heavy (non-hydrogen) atoms. The number of rotatable bonds is 14. The van der Waals surface area contributed by atoms with Gasteiger partial charge in [-0.05, 0) is 102 Å². The zero-order valence-electron chi connectivity index (χ0n) is 49.4. The summed E-state index contributed by atoms with van der Waals surface area (Å²) in [6.45, 7) is 6.06. The van der Waals surface area contributed by atoms with Gasteiger partial charge in [0.1, 0.15) is 26.4 Å². The Labute approximate surface area is 519 Å². The summed E-state index contributed by atoms with van der Waals surface area (Å²) >= 11 is 0. The van der Waals surface area contributed by atoms with E-state index in [-0.39, 0.29) is 68.5 Å². The lowest BCUT2D eigenvalue weighted by Gasteiger charge is -2.20. The summed E-state index contributed by atoms with van der Waals surface area (Å²) in [4.78, 5) is 104. The number of ether oxygens (including phenoxy) is 5. The molecular formula is C67H60F5N5O14. The number of phenols is 1. The number of carbonyl (C=O) groups is 8. The fourth-order valence-electron chi connectivity index (χ4n) is 9.40. The van der Waals surface area contributed by atoms with E-state index in [0.717, 1.165) is 37.0 Å². The Balaban J connectivity index is 0.000000175. The molecule has 0 bridgehead atoms. The lowest BCUT2D eigenvalue weighted by molar-refractivity contribution is -0.125. The molecule has 4 saturated heterocycles. The predicted octanol–water partition coefficient (Wildman–Crippen LogP) is 10.7. The molecule has 19 nitrogen and oxygen atoms in total. The summed E-state index contributed by atoms with van der Waals surface area (Å²) in [6.07, 6.45) is 8.81. The molecule has 472 valence electrons. The SMILES string of the molecule is CC#CC(=O)N1C(=O)OC[C@H]1Cc1ccccc1.CC(C)[C@H]1COC(=O)N1C(=O)/C=C/c1cccnc1.COc1cc(/C=C/C(=O)N2C(=O)OC[C@@H]2Cc2ccccc2)ccc1O.O=C(/C=C/c1c(F)c(F)c(F)c(F)c1F)N1C(=O)OC[C@H]1Cc1ccccc1. The summed E-state index contributed by atoms with van der Waals surface area (Å²) < 4.78 is 91.7. The van der Waals surface area contributed by atoms with Crippen molar-refractivity contribution < 1.29 is 89.1 Å². The molecular weight excluding hydrogens is 1190 g/mol. The fourth-order valence-corrected chi connectivity index (χ4v) is 9.40. The van der Waals surface area contributed by atoms with Gasteiger partial charge in [-0.2, -0.15) is 0 Å². The van der Waals surface area contributed by atoms with E-state index in [1.54, 1.807) is 80.0 Å². The normalized spacial score (nSPS) is 17.5. The first-order valence-corrected chi connectivity index (χ1v) is 28.1. The maximum absolute atomic E-state index is 13.7. The van der Waals surface area contributed by atoms with Crippen molar-refractivity contribution >= 4 is 66.2 Å². The van der Waals surface area contributed by atoms with Crippen LogP contribution in [-0.2, 0) is 57.4 Å². The molecule has 0 saturated carbocycles. The van der Waals surface area contributed by atoms with Gasteiger partial charge in [0, 0.05) is 30.6 Å². The Hall–Kier alpha value is -11.0. The number of benzene rings is 5. The summed E-state index contributed by atoms with van der Waals surface area (Å²) in [5.74, 6) is -7.66. The molecule has 1 aromatic heterocycles. The molecule has 5 heterocycles. The fraction of sp³-hybridized carbons (Fsp3) is 0.239. The first-order valence-electron chi connectivity index (χ1n) is 28.1. The Bertz CT molecular complexity index is 3740. The Kier molecular flexibility index (Phi) is 24.0. The van der Waals surface area contributed by atoms with E-state index < -0.39 is 82.8 Å². The van der Waals surface area contributed by atoms with Crippen molar-refractivity contribution in [2.24, 2.45) is 5.92 Å². The van der Waals surface area contributed by atoms with Gasteiger partial charge in [0.05, 0.1) is 36.8 Å². The number of pyridine rings is 1. The van der Waals surface area contributed by atoms with E-state index >= 15 is 0 Å². The molecule has 0 spiro atoms. The van der Waals surface area contributed by atoms with E-state index in [9.17, 15) is 65.4 Å². The minimum absolute atomic E-state index is 0.0158. The number of aromatic nitrogens is 1. The second-order valence-electron chi connectivity index (χ2n) is 20.5. The largest absolute Gasteiger partial charge is 0.504 e. The van der Waals surface area contributed by atoms with Crippen LogP contribution in [0.3, 0.4) is 0 Å². The van der Waals surface area contributed by atoms with Crippen molar-refractivity contribution in [2.45, 2.75) is 64.2 Å². The molecule has 4 fully saturated rings. The average Bonchev–Trinajstić information content (AvgIpc) is 1.74. The maximum Gasteiger partial charge on any atom is 0.417 e. The van der Waals surface area contributed by atoms with Crippen LogP contribution >= 0.6 is 0 Å². The van der Waals surface area contributed by atoms with Gasteiger partial charge in [-0.15, -0.1) is 0 Å². The van der Waals surface area contributed by atoms with Gasteiger partial charge in [-0.25, -0.2) is 60.7 Å². The van der Waals surface area contributed by atoms with Gasteiger partial charge < -0.3 is 28.8 Å². The summed E-state index contributed by atoms with van der Waals surface area (Å²) in [5.41, 5.74) is 3.10. The van der Waals surface area contributed by atoms with Crippen LogP contribution in [0.1, 0.15) is 54.2 Å². The Morgan fingerprint density at radius 3 is 1.43 bits per heavy atom. The standard InChI is InChI=1S/C20H19NO5.C19H12F5NO3.C14H16N2O3.C14H13NO3/c1-25-18-12-15(7-9-17(18)22)8-10-19(23)21-16(13-26-20(21)24)11-14-5-3-2-4-6-14;20-14-12(15(21)17(23)18(24)16(14)22)6-7-13(26)25-11(9-28-19(25)27)8-10-4-2-1-3-5-10;1-10(2)12-9-19-14(18)16(12)13(17)6-5-11-4-3-7-15-8-11;1-2-6-13(16)15-12(10-18-14(15)17)9-11-7-4-3-5-8-11/h2-10,12,16,22H,11,13H2,1H3;1-7,11H,8-9H2;3-8,10,12H,9H2,1-2H3;3-5,7-8,12H,9-10H2,1H3/b10-8+;7-6+;6-5+;/t16-;11-;2*12-/m0111/s1. The number of amides is 8. The zero-order chi connectivity index (χ0) is 65.7. The van der Waals surface area contributed by atoms with Crippen molar-refractivity contribution in [1.29, 1.82) is 0 Å². The number of halogens is 5. The van der Waals surface area contributed by atoms with Crippen molar-refractivity contribution in [3.8, 4) is 23.3 Å². The van der Waals surface area contributed by atoms with Gasteiger partial charge in [0.2, 0.25) is 5.82 Å². The van der Waals surface area contributed by atoms with Crippen molar-refractivity contribution in [2.75, 3.05) is 33.5 Å².